The molecule has 27 heavy (non-hydrogen) atoms. The van der Waals surface area contributed by atoms with Gasteiger partial charge in [-0.2, -0.15) is 0 Å². The molecular weight excluding hydrogens is 344 g/mol. The standard InChI is InChI=1S/C20H30N4O3/c1-15-4-5-18(12-16(15)2)24-14-17(13-19(24)25)22-20(26)21-6-3-7-23-8-10-27-11-9-23/h4-5,12,17H,3,6-11,13-14H2,1-2H3,(H2,21,22,26)/p+1/t17-/m0/s1. The van der Waals surface area contributed by atoms with E-state index in [0.717, 1.165) is 50.5 Å². The van der Waals surface area contributed by atoms with Crippen LogP contribution < -0.4 is 20.4 Å². The summed E-state index contributed by atoms with van der Waals surface area (Å²) in [6.07, 6.45) is 1.29. The van der Waals surface area contributed by atoms with Crippen LogP contribution in [0.3, 0.4) is 0 Å². The van der Waals surface area contributed by atoms with Crippen molar-refractivity contribution in [2.24, 2.45) is 0 Å². The van der Waals surface area contributed by atoms with E-state index in [4.69, 9.17) is 4.74 Å². The molecule has 1 atom stereocenters. The highest BCUT2D eigenvalue weighted by Crippen LogP contribution is 2.24. The summed E-state index contributed by atoms with van der Waals surface area (Å²) in [6, 6.07) is 5.69. The van der Waals surface area contributed by atoms with Crippen LogP contribution >= 0.6 is 0 Å². The topological polar surface area (TPSA) is 75.1 Å². The number of aryl methyl sites for hydroxylation is 2. The van der Waals surface area contributed by atoms with Crippen molar-refractivity contribution in [1.82, 2.24) is 10.6 Å². The highest BCUT2D eigenvalue weighted by atomic mass is 16.5. The lowest BCUT2D eigenvalue weighted by Crippen LogP contribution is -3.14. The zero-order valence-electron chi connectivity index (χ0n) is 16.3. The van der Waals surface area contributed by atoms with Gasteiger partial charge in [0, 0.05) is 31.6 Å². The summed E-state index contributed by atoms with van der Waals surface area (Å²) in [5.74, 6) is 0.0551. The number of anilines is 1. The van der Waals surface area contributed by atoms with Gasteiger partial charge in [-0.05, 0) is 37.1 Å². The fourth-order valence-electron chi connectivity index (χ4n) is 3.63. The fourth-order valence-corrected chi connectivity index (χ4v) is 3.63. The van der Waals surface area contributed by atoms with E-state index in [1.807, 2.05) is 25.1 Å². The second-order valence-corrected chi connectivity index (χ2v) is 7.54. The molecule has 3 N–H and O–H groups in total. The third kappa shape index (κ3) is 5.43. The number of ether oxygens (including phenoxy) is 1. The first-order chi connectivity index (χ1) is 13.0. The van der Waals surface area contributed by atoms with Gasteiger partial charge in [-0.15, -0.1) is 0 Å². The van der Waals surface area contributed by atoms with Crippen molar-refractivity contribution in [3.8, 4) is 0 Å². The Morgan fingerprint density at radius 3 is 2.78 bits per heavy atom. The van der Waals surface area contributed by atoms with Gasteiger partial charge in [0.25, 0.3) is 0 Å². The molecule has 2 aliphatic rings. The van der Waals surface area contributed by atoms with E-state index in [9.17, 15) is 9.59 Å². The molecular formula is C20H31N4O3+. The van der Waals surface area contributed by atoms with Crippen molar-refractivity contribution in [2.45, 2.75) is 32.7 Å². The molecule has 0 radical (unpaired) electrons. The number of carbonyl (C=O) groups is 2. The quantitative estimate of drug-likeness (QED) is 0.614. The zero-order chi connectivity index (χ0) is 19.2. The molecule has 7 nitrogen and oxygen atoms in total. The lowest BCUT2D eigenvalue weighted by atomic mass is 10.1. The normalized spacial score (nSPS) is 20.7. The van der Waals surface area contributed by atoms with Crippen molar-refractivity contribution in [2.75, 3.05) is 50.8 Å². The van der Waals surface area contributed by atoms with Gasteiger partial charge in [-0.1, -0.05) is 6.07 Å². The number of urea groups is 1. The highest BCUT2D eigenvalue weighted by Gasteiger charge is 2.31. The number of quaternary nitrogens is 1. The maximum atomic E-state index is 12.3. The van der Waals surface area contributed by atoms with Gasteiger partial charge in [0.2, 0.25) is 5.91 Å². The highest BCUT2D eigenvalue weighted by molar-refractivity contribution is 5.96. The molecule has 2 saturated heterocycles. The Morgan fingerprint density at radius 1 is 1.26 bits per heavy atom. The van der Waals surface area contributed by atoms with Crippen LogP contribution in [0, 0.1) is 13.8 Å². The number of rotatable bonds is 6. The average molecular weight is 375 g/mol. The molecule has 2 heterocycles. The molecule has 7 heteroatoms. The Hall–Kier alpha value is -2.12. The minimum atomic E-state index is -0.188. The number of benzene rings is 1. The number of hydrogen-bond acceptors (Lipinski definition) is 3. The van der Waals surface area contributed by atoms with Crippen LogP contribution in [0.15, 0.2) is 18.2 Å². The Morgan fingerprint density at radius 2 is 2.04 bits per heavy atom. The molecule has 3 rings (SSSR count). The number of amides is 3. The van der Waals surface area contributed by atoms with Crippen molar-refractivity contribution in [3.05, 3.63) is 29.3 Å². The molecule has 0 unspecified atom stereocenters. The third-order valence-electron chi connectivity index (χ3n) is 5.45. The van der Waals surface area contributed by atoms with Gasteiger partial charge in [0.1, 0.15) is 13.1 Å². The summed E-state index contributed by atoms with van der Waals surface area (Å²) >= 11 is 0. The van der Waals surface area contributed by atoms with Crippen molar-refractivity contribution in [1.29, 1.82) is 0 Å². The number of carbonyl (C=O) groups excluding carboxylic acids is 2. The maximum absolute atomic E-state index is 12.3. The number of morpholine rings is 1. The molecule has 2 fully saturated rings. The predicted molar refractivity (Wildman–Crippen MR) is 104 cm³/mol. The average Bonchev–Trinajstić information content (AvgIpc) is 3.02. The minimum absolute atomic E-state index is 0.0551. The van der Waals surface area contributed by atoms with E-state index in [1.54, 1.807) is 4.90 Å². The van der Waals surface area contributed by atoms with Crippen molar-refractivity contribution >= 4 is 17.6 Å². The number of hydrogen-bond donors (Lipinski definition) is 3. The Labute approximate surface area is 161 Å². The van der Waals surface area contributed by atoms with Crippen LogP contribution in [0.25, 0.3) is 0 Å². The van der Waals surface area contributed by atoms with Gasteiger partial charge in [-0.3, -0.25) is 4.79 Å². The first-order valence-electron chi connectivity index (χ1n) is 9.86. The summed E-state index contributed by atoms with van der Waals surface area (Å²) in [5, 5.41) is 5.84. The van der Waals surface area contributed by atoms with Crippen molar-refractivity contribution < 1.29 is 19.2 Å². The van der Waals surface area contributed by atoms with Crippen LogP contribution in [0.2, 0.25) is 0 Å². The zero-order valence-corrected chi connectivity index (χ0v) is 16.3. The van der Waals surface area contributed by atoms with E-state index in [2.05, 4.69) is 17.6 Å². The smallest absolute Gasteiger partial charge is 0.315 e. The monoisotopic (exact) mass is 375 g/mol. The van der Waals surface area contributed by atoms with Gasteiger partial charge < -0.3 is 25.2 Å². The van der Waals surface area contributed by atoms with Crippen molar-refractivity contribution in [3.63, 3.8) is 0 Å². The predicted octanol–water partition coefficient (Wildman–Crippen LogP) is 0.0131. The number of nitrogens with one attached hydrogen (secondary N) is 3. The summed E-state index contributed by atoms with van der Waals surface area (Å²) in [5.41, 5.74) is 3.27. The molecule has 1 aromatic carbocycles. The van der Waals surface area contributed by atoms with E-state index in [0.29, 0.717) is 19.5 Å². The molecule has 2 aliphatic heterocycles. The van der Waals surface area contributed by atoms with Crippen LogP contribution in [0.5, 0.6) is 0 Å². The van der Waals surface area contributed by atoms with Crippen LogP contribution in [0.1, 0.15) is 24.0 Å². The van der Waals surface area contributed by atoms with Crippen LogP contribution in [-0.4, -0.2) is 63.9 Å². The minimum Gasteiger partial charge on any atom is -0.370 e. The molecule has 148 valence electrons. The molecule has 0 aromatic heterocycles. The van der Waals surface area contributed by atoms with Crippen LogP contribution in [-0.2, 0) is 9.53 Å². The van der Waals surface area contributed by atoms with E-state index >= 15 is 0 Å². The Balaban J connectivity index is 1.39. The molecule has 0 bridgehead atoms. The van der Waals surface area contributed by atoms with E-state index in [1.165, 1.54) is 10.5 Å². The lowest BCUT2D eigenvalue weighted by molar-refractivity contribution is -0.908. The fraction of sp³-hybridized carbons (Fsp3) is 0.600. The maximum Gasteiger partial charge on any atom is 0.315 e. The third-order valence-corrected chi connectivity index (χ3v) is 5.45. The van der Waals surface area contributed by atoms with E-state index < -0.39 is 0 Å². The summed E-state index contributed by atoms with van der Waals surface area (Å²) in [6.45, 7) is 10.1. The lowest BCUT2D eigenvalue weighted by Gasteiger charge is -2.23. The number of nitrogens with zero attached hydrogens (tertiary/aromatic N) is 1. The van der Waals surface area contributed by atoms with Gasteiger partial charge >= 0.3 is 6.03 Å². The first kappa shape index (κ1) is 19.6. The van der Waals surface area contributed by atoms with Gasteiger partial charge in [0.05, 0.1) is 25.8 Å². The van der Waals surface area contributed by atoms with Gasteiger partial charge in [-0.25, -0.2) is 4.79 Å². The van der Waals surface area contributed by atoms with E-state index in [-0.39, 0.29) is 18.0 Å². The molecule has 3 amide bonds. The molecule has 1 aromatic rings. The first-order valence-corrected chi connectivity index (χ1v) is 9.86. The summed E-state index contributed by atoms with van der Waals surface area (Å²) < 4.78 is 5.35. The molecule has 0 aliphatic carbocycles. The largest absolute Gasteiger partial charge is 0.370 e. The Bertz CT molecular complexity index is 673. The second-order valence-electron chi connectivity index (χ2n) is 7.54. The summed E-state index contributed by atoms with van der Waals surface area (Å²) in [7, 11) is 0. The molecule has 0 saturated carbocycles. The van der Waals surface area contributed by atoms with Gasteiger partial charge in [0.15, 0.2) is 0 Å². The molecule has 0 spiro atoms. The second kappa shape index (κ2) is 9.19. The Kier molecular flexibility index (Phi) is 6.68. The summed E-state index contributed by atoms with van der Waals surface area (Å²) in [4.78, 5) is 27.8. The van der Waals surface area contributed by atoms with Crippen LogP contribution in [0.4, 0.5) is 10.5 Å². The SMILES string of the molecule is Cc1ccc(N2C[C@@H](NC(=O)NCCC[NH+]3CCOCC3)CC2=O)cc1C.